The Hall–Kier alpha value is -1.54. The van der Waals surface area contributed by atoms with E-state index in [1.165, 1.54) is 0 Å². The van der Waals surface area contributed by atoms with Crippen molar-refractivity contribution >= 4 is 28.3 Å². The zero-order chi connectivity index (χ0) is 10.8. The van der Waals surface area contributed by atoms with Crippen molar-refractivity contribution in [3.63, 3.8) is 0 Å². The number of halogens is 1. The molecule has 0 spiro atoms. The highest BCUT2D eigenvalue weighted by molar-refractivity contribution is 6.31. The third-order valence-electron chi connectivity index (χ3n) is 2.22. The Balaban J connectivity index is 2.49. The van der Waals surface area contributed by atoms with Gasteiger partial charge in [-0.3, -0.25) is 4.79 Å². The minimum absolute atomic E-state index is 0.0441. The molecule has 0 unspecified atom stereocenters. The summed E-state index contributed by atoms with van der Waals surface area (Å²) in [5.74, 6) is -0.823. The van der Waals surface area contributed by atoms with Crippen LogP contribution in [0.2, 0.25) is 5.02 Å². The Morgan fingerprint density at radius 1 is 1.13 bits per heavy atom. The molecule has 2 rings (SSSR count). The molecule has 0 radical (unpaired) electrons. The monoisotopic (exact) mass is 220 g/mol. The number of carboxylic acid groups (broad SMARTS) is 1. The molecule has 0 aromatic heterocycles. The van der Waals surface area contributed by atoms with Gasteiger partial charge < -0.3 is 5.11 Å². The second-order valence-corrected chi connectivity index (χ2v) is 3.83. The van der Waals surface area contributed by atoms with Gasteiger partial charge in [0.2, 0.25) is 0 Å². The summed E-state index contributed by atoms with van der Waals surface area (Å²) in [6.45, 7) is 0. The van der Waals surface area contributed by atoms with Crippen molar-refractivity contribution in [1.29, 1.82) is 0 Å². The fourth-order valence-corrected chi connectivity index (χ4v) is 1.73. The van der Waals surface area contributed by atoms with Gasteiger partial charge in [0, 0.05) is 5.02 Å². The molecule has 0 heterocycles. The number of hydrogen-bond acceptors (Lipinski definition) is 1. The smallest absolute Gasteiger partial charge is 0.307 e. The minimum atomic E-state index is -0.823. The number of carboxylic acids is 1. The van der Waals surface area contributed by atoms with Gasteiger partial charge in [-0.15, -0.1) is 0 Å². The predicted octanol–water partition coefficient (Wildman–Crippen LogP) is 3.12. The molecule has 15 heavy (non-hydrogen) atoms. The van der Waals surface area contributed by atoms with E-state index in [0.717, 1.165) is 16.3 Å². The fourth-order valence-electron chi connectivity index (χ4n) is 1.55. The van der Waals surface area contributed by atoms with Crippen LogP contribution in [0.5, 0.6) is 0 Å². The first-order chi connectivity index (χ1) is 7.15. The van der Waals surface area contributed by atoms with E-state index in [9.17, 15) is 4.79 Å². The highest BCUT2D eigenvalue weighted by Gasteiger charge is 2.01. The summed E-state index contributed by atoms with van der Waals surface area (Å²) in [4.78, 5) is 10.5. The quantitative estimate of drug-likeness (QED) is 0.844. The molecule has 76 valence electrons. The maximum Gasteiger partial charge on any atom is 0.307 e. The standard InChI is InChI=1S/C12H9ClO2/c13-11-4-3-9-2-1-8(6-12(14)15)5-10(9)7-11/h1-5,7H,6H2,(H,14,15). The molecule has 0 amide bonds. The van der Waals surface area contributed by atoms with Gasteiger partial charge in [0.1, 0.15) is 0 Å². The topological polar surface area (TPSA) is 37.3 Å². The number of aliphatic carboxylic acids is 1. The molecule has 0 aliphatic rings. The lowest BCUT2D eigenvalue weighted by atomic mass is 10.1. The van der Waals surface area contributed by atoms with Gasteiger partial charge in [0.15, 0.2) is 0 Å². The lowest BCUT2D eigenvalue weighted by molar-refractivity contribution is -0.136. The van der Waals surface area contributed by atoms with Gasteiger partial charge in [-0.25, -0.2) is 0 Å². The molecule has 2 aromatic carbocycles. The summed E-state index contributed by atoms with van der Waals surface area (Å²) >= 11 is 5.86. The Kier molecular flexibility index (Phi) is 2.60. The summed E-state index contributed by atoms with van der Waals surface area (Å²) in [6.07, 6.45) is 0.0441. The van der Waals surface area contributed by atoms with Gasteiger partial charge in [-0.1, -0.05) is 35.9 Å². The molecule has 0 aliphatic heterocycles. The molecule has 0 bridgehead atoms. The molecule has 0 aliphatic carbocycles. The molecular formula is C12H9ClO2. The van der Waals surface area contributed by atoms with Crippen molar-refractivity contribution in [2.24, 2.45) is 0 Å². The van der Waals surface area contributed by atoms with E-state index in [-0.39, 0.29) is 6.42 Å². The molecule has 2 nitrogen and oxygen atoms in total. The Morgan fingerprint density at radius 3 is 2.60 bits per heavy atom. The van der Waals surface area contributed by atoms with Crippen LogP contribution in [-0.4, -0.2) is 11.1 Å². The second kappa shape index (κ2) is 3.91. The van der Waals surface area contributed by atoms with Crippen LogP contribution in [0, 0.1) is 0 Å². The van der Waals surface area contributed by atoms with Crippen molar-refractivity contribution < 1.29 is 9.90 Å². The zero-order valence-corrected chi connectivity index (χ0v) is 8.66. The van der Waals surface area contributed by atoms with Crippen molar-refractivity contribution in [3.05, 3.63) is 47.0 Å². The van der Waals surface area contributed by atoms with E-state index < -0.39 is 5.97 Å². The van der Waals surface area contributed by atoms with Crippen molar-refractivity contribution in [2.75, 3.05) is 0 Å². The molecule has 0 saturated carbocycles. The second-order valence-electron chi connectivity index (χ2n) is 3.40. The summed E-state index contributed by atoms with van der Waals surface area (Å²) < 4.78 is 0. The molecule has 3 heteroatoms. The highest BCUT2D eigenvalue weighted by atomic mass is 35.5. The number of rotatable bonds is 2. The van der Waals surface area contributed by atoms with Crippen molar-refractivity contribution in [3.8, 4) is 0 Å². The van der Waals surface area contributed by atoms with E-state index in [0.29, 0.717) is 5.02 Å². The number of carbonyl (C=O) groups is 1. The van der Waals surface area contributed by atoms with Crippen LogP contribution in [-0.2, 0) is 11.2 Å². The summed E-state index contributed by atoms with van der Waals surface area (Å²) in [5, 5.41) is 11.4. The van der Waals surface area contributed by atoms with Gasteiger partial charge in [-0.2, -0.15) is 0 Å². The molecular weight excluding hydrogens is 212 g/mol. The fraction of sp³-hybridized carbons (Fsp3) is 0.0833. The Morgan fingerprint density at radius 2 is 1.87 bits per heavy atom. The van der Waals surface area contributed by atoms with Crippen LogP contribution in [0.1, 0.15) is 5.56 Å². The third kappa shape index (κ3) is 2.28. The maximum atomic E-state index is 10.5. The summed E-state index contributed by atoms with van der Waals surface area (Å²) in [7, 11) is 0. The van der Waals surface area contributed by atoms with Crippen LogP contribution in [0.3, 0.4) is 0 Å². The number of fused-ring (bicyclic) bond motifs is 1. The first-order valence-electron chi connectivity index (χ1n) is 4.55. The van der Waals surface area contributed by atoms with Gasteiger partial charge in [0.05, 0.1) is 6.42 Å². The van der Waals surface area contributed by atoms with E-state index in [1.54, 1.807) is 0 Å². The third-order valence-corrected chi connectivity index (χ3v) is 2.46. The van der Waals surface area contributed by atoms with Crippen molar-refractivity contribution in [2.45, 2.75) is 6.42 Å². The number of hydrogen-bond donors (Lipinski definition) is 1. The molecule has 2 aromatic rings. The maximum absolute atomic E-state index is 10.5. The molecule has 0 saturated heterocycles. The normalized spacial score (nSPS) is 10.5. The largest absolute Gasteiger partial charge is 0.481 e. The van der Waals surface area contributed by atoms with Crippen LogP contribution in [0.4, 0.5) is 0 Å². The molecule has 0 fully saturated rings. The van der Waals surface area contributed by atoms with Crippen LogP contribution < -0.4 is 0 Å². The molecule has 0 atom stereocenters. The SMILES string of the molecule is O=C(O)Cc1ccc2ccc(Cl)cc2c1. The first kappa shape index (κ1) is 9.99. The van der Waals surface area contributed by atoms with Gasteiger partial charge in [0.25, 0.3) is 0 Å². The van der Waals surface area contributed by atoms with Crippen molar-refractivity contribution in [1.82, 2.24) is 0 Å². The van der Waals surface area contributed by atoms with E-state index in [2.05, 4.69) is 0 Å². The Labute approximate surface area is 92.1 Å². The zero-order valence-electron chi connectivity index (χ0n) is 7.90. The number of benzene rings is 2. The van der Waals surface area contributed by atoms with E-state index in [4.69, 9.17) is 16.7 Å². The summed E-state index contributed by atoms with van der Waals surface area (Å²) in [5.41, 5.74) is 0.789. The first-order valence-corrected chi connectivity index (χ1v) is 4.93. The highest BCUT2D eigenvalue weighted by Crippen LogP contribution is 2.20. The van der Waals surface area contributed by atoms with Crippen LogP contribution in [0.25, 0.3) is 10.8 Å². The lowest BCUT2D eigenvalue weighted by Crippen LogP contribution is -1.99. The van der Waals surface area contributed by atoms with Gasteiger partial charge >= 0.3 is 5.97 Å². The lowest BCUT2D eigenvalue weighted by Gasteiger charge is -2.01. The van der Waals surface area contributed by atoms with E-state index in [1.807, 2.05) is 36.4 Å². The average molecular weight is 221 g/mol. The molecule has 1 N–H and O–H groups in total. The van der Waals surface area contributed by atoms with E-state index >= 15 is 0 Å². The van der Waals surface area contributed by atoms with Crippen LogP contribution >= 0.6 is 11.6 Å². The summed E-state index contributed by atoms with van der Waals surface area (Å²) in [6, 6.07) is 11.2. The minimum Gasteiger partial charge on any atom is -0.481 e. The van der Waals surface area contributed by atoms with Gasteiger partial charge in [-0.05, 0) is 28.5 Å². The predicted molar refractivity (Wildman–Crippen MR) is 60.3 cm³/mol. The van der Waals surface area contributed by atoms with Crippen LogP contribution in [0.15, 0.2) is 36.4 Å². The Bertz CT molecular complexity index is 520. The average Bonchev–Trinajstić information content (AvgIpc) is 2.16.